The second-order valence-corrected chi connectivity index (χ2v) is 6.99. The summed E-state index contributed by atoms with van der Waals surface area (Å²) in [6.07, 6.45) is 3.96. The van der Waals surface area contributed by atoms with Crippen LogP contribution in [-0.4, -0.2) is 35.2 Å². The summed E-state index contributed by atoms with van der Waals surface area (Å²) in [4.78, 5) is 2.57. The van der Waals surface area contributed by atoms with Crippen LogP contribution in [0.25, 0.3) is 0 Å². The van der Waals surface area contributed by atoms with E-state index in [0.29, 0.717) is 17.2 Å². The number of nitrogens with one attached hydrogen (secondary N) is 2. The molecule has 0 saturated carbocycles. The van der Waals surface area contributed by atoms with Crippen molar-refractivity contribution in [3.05, 3.63) is 28.8 Å². The van der Waals surface area contributed by atoms with Gasteiger partial charge in [-0.25, -0.2) is 0 Å². The van der Waals surface area contributed by atoms with Gasteiger partial charge in [-0.3, -0.25) is 4.90 Å². The molecule has 2 N–H and O–H groups in total. The maximum Gasteiger partial charge on any atom is 0.170 e. The molecule has 0 bridgehead atoms. The molecule has 1 aromatic rings. The van der Waals surface area contributed by atoms with Crippen molar-refractivity contribution >= 4 is 34.6 Å². The van der Waals surface area contributed by atoms with Crippen LogP contribution < -0.4 is 10.6 Å². The number of benzene rings is 1. The third-order valence-electron chi connectivity index (χ3n) is 4.49. The summed E-state index contributed by atoms with van der Waals surface area (Å²) in [5, 5.41) is 7.98. The molecule has 1 saturated heterocycles. The monoisotopic (exact) mass is 339 g/mol. The first-order valence-corrected chi connectivity index (χ1v) is 8.83. The molecule has 0 unspecified atom stereocenters. The Balaban J connectivity index is 1.83. The molecule has 1 heterocycles. The highest BCUT2D eigenvalue weighted by Gasteiger charge is 2.22. The van der Waals surface area contributed by atoms with Crippen LogP contribution in [0, 0.1) is 6.92 Å². The Kier molecular flexibility index (Phi) is 6.48. The number of hydrogen-bond acceptors (Lipinski definition) is 2. The van der Waals surface area contributed by atoms with Crippen LogP contribution in [0.4, 0.5) is 5.69 Å². The van der Waals surface area contributed by atoms with E-state index in [2.05, 4.69) is 29.4 Å². The predicted octanol–water partition coefficient (Wildman–Crippen LogP) is 4.20. The van der Waals surface area contributed by atoms with Gasteiger partial charge in [-0.05, 0) is 70.1 Å². The number of hydrogen-bond donors (Lipinski definition) is 2. The van der Waals surface area contributed by atoms with E-state index >= 15 is 0 Å². The fourth-order valence-electron chi connectivity index (χ4n) is 3.04. The molecular weight excluding hydrogens is 314 g/mol. The van der Waals surface area contributed by atoms with Gasteiger partial charge in [-0.2, -0.15) is 0 Å². The largest absolute Gasteiger partial charge is 0.361 e. The first-order valence-electron chi connectivity index (χ1n) is 8.04. The van der Waals surface area contributed by atoms with E-state index in [0.717, 1.165) is 22.8 Å². The van der Waals surface area contributed by atoms with Gasteiger partial charge in [-0.15, -0.1) is 0 Å². The van der Waals surface area contributed by atoms with E-state index in [9.17, 15) is 0 Å². The van der Waals surface area contributed by atoms with Crippen molar-refractivity contribution < 1.29 is 0 Å². The molecule has 0 spiro atoms. The van der Waals surface area contributed by atoms with Crippen LogP contribution in [0.3, 0.4) is 0 Å². The Bertz CT molecular complexity index is 521. The quantitative estimate of drug-likeness (QED) is 0.804. The number of nitrogens with zero attached hydrogens (tertiary/aromatic N) is 1. The van der Waals surface area contributed by atoms with Crippen LogP contribution in [0.2, 0.25) is 5.02 Å². The summed E-state index contributed by atoms with van der Waals surface area (Å²) in [6, 6.07) is 6.96. The number of halogens is 1. The topological polar surface area (TPSA) is 27.3 Å². The van der Waals surface area contributed by atoms with Crippen LogP contribution in [-0.2, 0) is 0 Å². The molecule has 5 heteroatoms. The molecule has 1 fully saturated rings. The Morgan fingerprint density at radius 3 is 2.95 bits per heavy atom. The summed E-state index contributed by atoms with van der Waals surface area (Å²) in [6.45, 7) is 8.63. The van der Waals surface area contributed by atoms with Crippen LogP contribution in [0.1, 0.15) is 38.7 Å². The number of rotatable bonds is 4. The number of anilines is 1. The van der Waals surface area contributed by atoms with Crippen molar-refractivity contribution in [1.82, 2.24) is 10.2 Å². The molecular formula is C17H26ClN3S. The molecule has 3 nitrogen and oxygen atoms in total. The summed E-state index contributed by atoms with van der Waals surface area (Å²) in [7, 11) is 0. The van der Waals surface area contributed by atoms with Gasteiger partial charge in [0.05, 0.1) is 0 Å². The Morgan fingerprint density at radius 1 is 1.45 bits per heavy atom. The van der Waals surface area contributed by atoms with E-state index in [1.807, 2.05) is 25.1 Å². The lowest BCUT2D eigenvalue weighted by Crippen LogP contribution is -2.49. The molecule has 1 aliphatic heterocycles. The van der Waals surface area contributed by atoms with Crippen molar-refractivity contribution in [1.29, 1.82) is 0 Å². The molecule has 1 aliphatic rings. The van der Waals surface area contributed by atoms with Crippen LogP contribution >= 0.6 is 23.8 Å². The van der Waals surface area contributed by atoms with Gasteiger partial charge in [0.1, 0.15) is 0 Å². The SMILES string of the molecule is Cc1c(Cl)cccc1NC(=S)NC[C@@H](C)N1CCCC[C@H]1C. The summed E-state index contributed by atoms with van der Waals surface area (Å²) in [5.41, 5.74) is 1.98. The van der Waals surface area contributed by atoms with Crippen molar-refractivity contribution in [3.63, 3.8) is 0 Å². The van der Waals surface area contributed by atoms with Crippen molar-refractivity contribution in [2.75, 3.05) is 18.4 Å². The zero-order chi connectivity index (χ0) is 16.1. The van der Waals surface area contributed by atoms with Gasteiger partial charge in [-0.1, -0.05) is 24.1 Å². The predicted molar refractivity (Wildman–Crippen MR) is 99.9 cm³/mol. The summed E-state index contributed by atoms with van der Waals surface area (Å²) >= 11 is 11.5. The first-order chi connectivity index (χ1) is 10.5. The van der Waals surface area contributed by atoms with Gasteiger partial charge in [0.2, 0.25) is 0 Å². The van der Waals surface area contributed by atoms with Crippen molar-refractivity contribution in [2.45, 2.75) is 52.1 Å². The Labute approximate surface area is 144 Å². The van der Waals surface area contributed by atoms with Gasteiger partial charge in [0.25, 0.3) is 0 Å². The minimum Gasteiger partial charge on any atom is -0.361 e. The summed E-state index contributed by atoms with van der Waals surface area (Å²) < 4.78 is 0. The molecule has 22 heavy (non-hydrogen) atoms. The van der Waals surface area contributed by atoms with E-state index in [1.54, 1.807) is 0 Å². The highest BCUT2D eigenvalue weighted by molar-refractivity contribution is 7.80. The molecule has 0 radical (unpaired) electrons. The van der Waals surface area contributed by atoms with Crippen LogP contribution in [0.5, 0.6) is 0 Å². The zero-order valence-corrected chi connectivity index (χ0v) is 15.2. The third kappa shape index (κ3) is 4.58. The third-order valence-corrected chi connectivity index (χ3v) is 5.15. The van der Waals surface area contributed by atoms with Gasteiger partial charge < -0.3 is 10.6 Å². The smallest absolute Gasteiger partial charge is 0.170 e. The maximum atomic E-state index is 6.13. The molecule has 122 valence electrons. The Morgan fingerprint density at radius 2 is 2.23 bits per heavy atom. The van der Waals surface area contributed by atoms with Crippen molar-refractivity contribution in [3.8, 4) is 0 Å². The van der Waals surface area contributed by atoms with E-state index in [1.165, 1.54) is 25.8 Å². The number of piperidine rings is 1. The maximum absolute atomic E-state index is 6.13. The number of thiocarbonyl (C=S) groups is 1. The minimum atomic E-state index is 0.482. The lowest BCUT2D eigenvalue weighted by Gasteiger charge is -2.38. The highest BCUT2D eigenvalue weighted by atomic mass is 35.5. The molecule has 2 rings (SSSR count). The lowest BCUT2D eigenvalue weighted by atomic mass is 10.0. The second kappa shape index (κ2) is 8.14. The second-order valence-electron chi connectivity index (χ2n) is 6.18. The van der Waals surface area contributed by atoms with Gasteiger partial charge in [0.15, 0.2) is 5.11 Å². The molecule has 0 aromatic heterocycles. The molecule has 2 atom stereocenters. The standard InChI is InChI=1S/C17H26ClN3S/c1-12-7-4-5-10-21(12)13(2)11-19-17(22)20-16-9-6-8-15(18)14(16)3/h6,8-9,12-13H,4-5,7,10-11H2,1-3H3,(H2,19,20,22)/t12-,13-/m1/s1. The average Bonchev–Trinajstić information content (AvgIpc) is 2.50. The normalized spacial score (nSPS) is 20.5. The first kappa shape index (κ1) is 17.5. The van der Waals surface area contributed by atoms with Gasteiger partial charge in [0, 0.05) is 29.3 Å². The lowest BCUT2D eigenvalue weighted by molar-refractivity contribution is 0.116. The molecule has 0 aliphatic carbocycles. The fourth-order valence-corrected chi connectivity index (χ4v) is 3.41. The van der Waals surface area contributed by atoms with E-state index in [-0.39, 0.29) is 0 Å². The van der Waals surface area contributed by atoms with E-state index < -0.39 is 0 Å². The van der Waals surface area contributed by atoms with Crippen LogP contribution in [0.15, 0.2) is 18.2 Å². The minimum absolute atomic E-state index is 0.482. The highest BCUT2D eigenvalue weighted by Crippen LogP contribution is 2.23. The molecule has 1 aromatic carbocycles. The average molecular weight is 340 g/mol. The fraction of sp³-hybridized carbons (Fsp3) is 0.588. The number of likely N-dealkylation sites (tertiary alicyclic amines) is 1. The Hall–Kier alpha value is -0.840. The molecule has 0 amide bonds. The summed E-state index contributed by atoms with van der Waals surface area (Å²) in [5.74, 6) is 0. The van der Waals surface area contributed by atoms with E-state index in [4.69, 9.17) is 23.8 Å². The zero-order valence-electron chi connectivity index (χ0n) is 13.7. The van der Waals surface area contributed by atoms with Crippen molar-refractivity contribution in [2.24, 2.45) is 0 Å². The van der Waals surface area contributed by atoms with Gasteiger partial charge >= 0.3 is 0 Å².